The fourth-order valence-electron chi connectivity index (χ4n) is 2.31. The van der Waals surface area contributed by atoms with Gasteiger partial charge in [-0.3, -0.25) is 9.78 Å². The number of hydrogen-bond acceptors (Lipinski definition) is 5. The second kappa shape index (κ2) is 7.59. The first kappa shape index (κ1) is 19.5. The lowest BCUT2D eigenvalue weighted by Crippen LogP contribution is -2.41. The number of pyridine rings is 1. The molecule has 1 aromatic heterocycles. The molecule has 1 aromatic rings. The first-order chi connectivity index (χ1) is 11.5. The van der Waals surface area contributed by atoms with Gasteiger partial charge in [0.15, 0.2) is 0 Å². The highest BCUT2D eigenvalue weighted by Gasteiger charge is 2.36. The number of rotatable bonds is 6. The summed E-state index contributed by atoms with van der Waals surface area (Å²) in [6.45, 7) is 4.11. The summed E-state index contributed by atoms with van der Waals surface area (Å²) in [7, 11) is 0. The molecule has 8 heteroatoms. The molecule has 25 heavy (non-hydrogen) atoms. The number of alkyl halides is 3. The van der Waals surface area contributed by atoms with Crippen molar-refractivity contribution < 1.29 is 32.2 Å². The van der Waals surface area contributed by atoms with Gasteiger partial charge >= 0.3 is 12.1 Å². The molecule has 0 spiro atoms. The van der Waals surface area contributed by atoms with Crippen molar-refractivity contribution in [2.75, 3.05) is 6.61 Å². The number of carbonyl (C=O) groups is 1. The maximum Gasteiger partial charge on any atom is 0.411 e. The summed E-state index contributed by atoms with van der Waals surface area (Å²) in [6, 6.07) is 3.27. The summed E-state index contributed by atoms with van der Waals surface area (Å²) < 4.78 is 51.9. The predicted molar refractivity (Wildman–Crippen MR) is 83.2 cm³/mol. The van der Waals surface area contributed by atoms with Gasteiger partial charge in [-0.25, -0.2) is 0 Å². The Bertz CT molecular complexity index is 592. The van der Waals surface area contributed by atoms with E-state index < -0.39 is 24.5 Å². The molecule has 0 radical (unpaired) electrons. The van der Waals surface area contributed by atoms with Gasteiger partial charge in [0, 0.05) is 25.1 Å². The minimum Gasteiger partial charge on any atom is -0.490 e. The van der Waals surface area contributed by atoms with E-state index in [1.165, 1.54) is 6.20 Å². The average Bonchev–Trinajstić information content (AvgIpc) is 2.38. The third-order valence-electron chi connectivity index (χ3n) is 3.37. The average molecular weight is 361 g/mol. The van der Waals surface area contributed by atoms with Gasteiger partial charge in [-0.05, 0) is 26.8 Å². The molecule has 1 saturated carbocycles. The van der Waals surface area contributed by atoms with E-state index in [2.05, 4.69) is 4.98 Å². The molecule has 1 aliphatic carbocycles. The molecule has 0 N–H and O–H groups in total. The van der Waals surface area contributed by atoms with Gasteiger partial charge < -0.3 is 14.2 Å². The van der Waals surface area contributed by atoms with Gasteiger partial charge in [-0.15, -0.1) is 0 Å². The van der Waals surface area contributed by atoms with Gasteiger partial charge in [-0.1, -0.05) is 0 Å². The van der Waals surface area contributed by atoms with E-state index >= 15 is 0 Å². The molecule has 2 rings (SSSR count). The second-order valence-electron chi connectivity index (χ2n) is 7.01. The molecule has 140 valence electrons. The molecule has 0 aliphatic heterocycles. The highest BCUT2D eigenvalue weighted by molar-refractivity contribution is 5.72. The molecule has 0 bridgehead atoms. The minimum absolute atomic E-state index is 0.0243. The van der Waals surface area contributed by atoms with Gasteiger partial charge in [-0.2, -0.15) is 13.2 Å². The van der Waals surface area contributed by atoms with Crippen molar-refractivity contribution in [2.24, 2.45) is 0 Å². The van der Waals surface area contributed by atoms with Crippen molar-refractivity contribution in [3.05, 3.63) is 24.0 Å². The number of esters is 1. The summed E-state index contributed by atoms with van der Waals surface area (Å²) in [5.74, 6) is 0.134. The van der Waals surface area contributed by atoms with Gasteiger partial charge in [0.25, 0.3) is 0 Å². The van der Waals surface area contributed by atoms with Crippen molar-refractivity contribution in [3.8, 4) is 5.75 Å². The van der Waals surface area contributed by atoms with E-state index in [1.54, 1.807) is 32.9 Å². The van der Waals surface area contributed by atoms with E-state index in [1.807, 2.05) is 0 Å². The first-order valence-electron chi connectivity index (χ1n) is 8.02. The van der Waals surface area contributed by atoms with Crippen LogP contribution in [0.1, 0.15) is 39.3 Å². The number of aromatic nitrogens is 1. The molecule has 0 amide bonds. The molecular formula is C17H22F3NO4. The molecule has 1 aliphatic rings. The Morgan fingerprint density at radius 1 is 1.24 bits per heavy atom. The van der Waals surface area contributed by atoms with E-state index in [0.29, 0.717) is 24.3 Å². The molecule has 0 atom stereocenters. The number of nitrogens with zero attached hydrogens (tertiary/aromatic N) is 1. The van der Waals surface area contributed by atoms with Crippen LogP contribution in [0, 0.1) is 0 Å². The van der Waals surface area contributed by atoms with Crippen molar-refractivity contribution in [1.82, 2.24) is 4.98 Å². The van der Waals surface area contributed by atoms with Crippen LogP contribution in [0.5, 0.6) is 5.75 Å². The van der Waals surface area contributed by atoms with Crippen LogP contribution in [0.3, 0.4) is 0 Å². The molecule has 1 heterocycles. The highest BCUT2D eigenvalue weighted by Crippen LogP contribution is 2.30. The Balaban J connectivity index is 1.78. The normalized spacial score (nSPS) is 20.7. The van der Waals surface area contributed by atoms with Crippen molar-refractivity contribution in [1.29, 1.82) is 0 Å². The van der Waals surface area contributed by atoms with Crippen LogP contribution in [0.2, 0.25) is 0 Å². The predicted octanol–water partition coefficient (Wildman–Crippen LogP) is 3.45. The van der Waals surface area contributed by atoms with Crippen LogP contribution in [-0.2, 0) is 20.7 Å². The standard InChI is InChI=1S/C17H22F3NO4/c1-16(2,3)25-15(22)7-11-6-12(4-5-21-11)24-14-8-13(9-14)23-10-17(18,19)20/h4-6,13-14H,7-10H2,1-3H3. The first-order valence-corrected chi connectivity index (χ1v) is 8.02. The van der Waals surface area contributed by atoms with Crippen LogP contribution in [-0.4, -0.2) is 41.5 Å². The number of hydrogen-bond donors (Lipinski definition) is 0. The number of halogens is 3. The molecule has 0 saturated heterocycles. The van der Waals surface area contributed by atoms with E-state index in [0.717, 1.165) is 0 Å². The van der Waals surface area contributed by atoms with Gasteiger partial charge in [0.1, 0.15) is 24.1 Å². The van der Waals surface area contributed by atoms with Crippen LogP contribution in [0.4, 0.5) is 13.2 Å². The summed E-state index contributed by atoms with van der Waals surface area (Å²) >= 11 is 0. The Morgan fingerprint density at radius 3 is 2.52 bits per heavy atom. The van der Waals surface area contributed by atoms with Crippen LogP contribution in [0.15, 0.2) is 18.3 Å². The topological polar surface area (TPSA) is 57.7 Å². The fourth-order valence-corrected chi connectivity index (χ4v) is 2.31. The molecule has 0 aromatic carbocycles. The quantitative estimate of drug-likeness (QED) is 0.727. The van der Waals surface area contributed by atoms with E-state index in [-0.39, 0.29) is 18.5 Å². The lowest BCUT2D eigenvalue weighted by Gasteiger charge is -2.35. The van der Waals surface area contributed by atoms with Crippen LogP contribution in [0.25, 0.3) is 0 Å². The minimum atomic E-state index is -4.31. The summed E-state index contributed by atoms with van der Waals surface area (Å²) in [4.78, 5) is 15.9. The Hall–Kier alpha value is -1.83. The zero-order chi connectivity index (χ0) is 18.7. The maximum absolute atomic E-state index is 12.1. The Morgan fingerprint density at radius 2 is 1.92 bits per heavy atom. The van der Waals surface area contributed by atoms with Crippen molar-refractivity contribution in [3.63, 3.8) is 0 Å². The molecule has 0 unspecified atom stereocenters. The van der Waals surface area contributed by atoms with Crippen molar-refractivity contribution in [2.45, 2.75) is 64.0 Å². The fraction of sp³-hybridized carbons (Fsp3) is 0.647. The SMILES string of the molecule is CC(C)(C)OC(=O)Cc1cc(OC2CC(OCC(F)(F)F)C2)ccn1. The number of ether oxygens (including phenoxy) is 3. The van der Waals surface area contributed by atoms with Gasteiger partial charge in [0.05, 0.1) is 18.2 Å². The monoisotopic (exact) mass is 361 g/mol. The smallest absolute Gasteiger partial charge is 0.411 e. The third-order valence-corrected chi connectivity index (χ3v) is 3.37. The third kappa shape index (κ3) is 7.29. The second-order valence-corrected chi connectivity index (χ2v) is 7.01. The zero-order valence-corrected chi connectivity index (χ0v) is 14.4. The van der Waals surface area contributed by atoms with Crippen molar-refractivity contribution >= 4 is 5.97 Å². The lowest BCUT2D eigenvalue weighted by molar-refractivity contribution is -0.199. The maximum atomic E-state index is 12.1. The number of carbonyl (C=O) groups excluding carboxylic acids is 1. The Labute approximate surface area is 144 Å². The summed E-state index contributed by atoms with van der Waals surface area (Å²) in [6.07, 6.45) is -2.60. The summed E-state index contributed by atoms with van der Waals surface area (Å²) in [5.41, 5.74) is -0.0568. The van der Waals surface area contributed by atoms with Gasteiger partial charge in [0.2, 0.25) is 0 Å². The lowest BCUT2D eigenvalue weighted by atomic mass is 9.92. The van der Waals surface area contributed by atoms with E-state index in [4.69, 9.17) is 14.2 Å². The molecule has 1 fully saturated rings. The van der Waals surface area contributed by atoms with Crippen LogP contribution >= 0.6 is 0 Å². The molecule has 5 nitrogen and oxygen atoms in total. The Kier molecular flexibility index (Phi) is 5.92. The largest absolute Gasteiger partial charge is 0.490 e. The zero-order valence-electron chi connectivity index (χ0n) is 14.4. The highest BCUT2D eigenvalue weighted by atomic mass is 19.4. The van der Waals surface area contributed by atoms with E-state index in [9.17, 15) is 18.0 Å². The summed E-state index contributed by atoms with van der Waals surface area (Å²) in [5, 5.41) is 0. The van der Waals surface area contributed by atoms with Crippen LogP contribution < -0.4 is 4.74 Å². The molecular weight excluding hydrogens is 339 g/mol.